The number of fused-ring (bicyclic) bond motifs is 1. The molecule has 1 aliphatic rings. The number of likely N-dealkylation sites (tertiary alicyclic amines) is 1. The number of amides is 2. The Morgan fingerprint density at radius 2 is 1.69 bits per heavy atom. The summed E-state index contributed by atoms with van der Waals surface area (Å²) in [7, 11) is -2.79. The molecule has 0 saturated carbocycles. The van der Waals surface area contributed by atoms with Crippen molar-refractivity contribution in [3.8, 4) is 0 Å². The van der Waals surface area contributed by atoms with Gasteiger partial charge in [0.05, 0.1) is 13.0 Å². The van der Waals surface area contributed by atoms with Crippen LogP contribution in [0, 0.1) is 0 Å². The molecule has 39 heavy (non-hydrogen) atoms. The maximum Gasteiger partial charge on any atom is 0.410 e. The van der Waals surface area contributed by atoms with Crippen molar-refractivity contribution in [1.82, 2.24) is 9.80 Å². The van der Waals surface area contributed by atoms with E-state index in [2.05, 4.69) is 0 Å². The summed E-state index contributed by atoms with van der Waals surface area (Å²) in [6, 6.07) is 10.5. The molecule has 0 aromatic heterocycles. The van der Waals surface area contributed by atoms with E-state index >= 15 is 0 Å². The molecule has 2 amide bonds. The summed E-state index contributed by atoms with van der Waals surface area (Å²) < 4.78 is 35.1. The van der Waals surface area contributed by atoms with Crippen LogP contribution in [-0.2, 0) is 35.8 Å². The molecule has 0 spiro atoms. The second kappa shape index (κ2) is 13.3. The Hall–Kier alpha value is -3.11. The fourth-order valence-corrected chi connectivity index (χ4v) is 5.23. The normalized spacial score (nSPS) is 14.1. The van der Waals surface area contributed by atoms with Crippen LogP contribution in [0.2, 0.25) is 5.02 Å². The predicted molar refractivity (Wildman–Crippen MR) is 150 cm³/mol. The number of nitrogens with zero attached hydrogens (tertiary/aromatic N) is 2. The van der Waals surface area contributed by atoms with Crippen molar-refractivity contribution in [3.05, 3.63) is 47.0 Å². The van der Waals surface area contributed by atoms with Gasteiger partial charge in [-0.25, -0.2) is 4.79 Å². The van der Waals surface area contributed by atoms with Gasteiger partial charge in [-0.05, 0) is 69.0 Å². The molecule has 2 aromatic rings. The van der Waals surface area contributed by atoms with Crippen LogP contribution >= 0.6 is 11.6 Å². The third kappa shape index (κ3) is 8.69. The third-order valence-electron chi connectivity index (χ3n) is 6.35. The van der Waals surface area contributed by atoms with Gasteiger partial charge in [-0.1, -0.05) is 35.9 Å². The van der Waals surface area contributed by atoms with E-state index in [0.717, 1.165) is 10.8 Å². The lowest BCUT2D eigenvalue weighted by atomic mass is 10.0. The molecule has 0 atom stereocenters. The van der Waals surface area contributed by atoms with Crippen molar-refractivity contribution in [2.75, 3.05) is 26.2 Å². The van der Waals surface area contributed by atoms with Crippen molar-refractivity contribution >= 4 is 55.5 Å². The number of rotatable bonds is 8. The van der Waals surface area contributed by atoms with Gasteiger partial charge >= 0.3 is 12.1 Å². The number of halogens is 1. The summed E-state index contributed by atoms with van der Waals surface area (Å²) in [5, 5.41) is 2.36. The topological polar surface area (TPSA) is 110 Å². The fourth-order valence-electron chi connectivity index (χ4n) is 4.51. The Labute approximate surface area is 235 Å². The smallest absolute Gasteiger partial charge is 0.410 e. The monoisotopic (exact) mass is 578 g/mol. The molecule has 9 nitrogen and oxygen atoms in total. The van der Waals surface area contributed by atoms with Crippen LogP contribution in [0.4, 0.5) is 4.79 Å². The molecule has 11 heteroatoms. The summed E-state index contributed by atoms with van der Waals surface area (Å²) in [4.78, 5) is 41.0. The zero-order chi connectivity index (χ0) is 28.7. The summed E-state index contributed by atoms with van der Waals surface area (Å²) in [5.41, 5.74) is 0.0228. The van der Waals surface area contributed by atoms with Crippen molar-refractivity contribution < 1.29 is 32.3 Å². The van der Waals surface area contributed by atoms with Crippen LogP contribution in [0.15, 0.2) is 36.4 Å². The van der Waals surface area contributed by atoms with Gasteiger partial charge in [-0.15, -0.1) is 0 Å². The van der Waals surface area contributed by atoms with Gasteiger partial charge in [0.2, 0.25) is 10.3 Å². The van der Waals surface area contributed by atoms with E-state index in [1.54, 1.807) is 44.7 Å². The molecule has 0 radical (unpaired) electrons. The van der Waals surface area contributed by atoms with Crippen LogP contribution in [0.1, 0.15) is 52.5 Å². The Balaban J connectivity index is 1.81. The standard InChI is InChI=1S/C28H35ClN2O7S/c1-5-37-25(32)12-15-31(23-10-13-30(14-11-23)27(34)38-28(2,3)4)26(33)24(39(35)36)17-19-6-7-21-18-22(29)9-8-20(21)16-19/h6-9,16,18,23H,5,10-15,17H2,1-4H3. The Bertz CT molecular complexity index is 1350. The van der Waals surface area contributed by atoms with Gasteiger partial charge in [0.15, 0.2) is 0 Å². The number of benzene rings is 2. The zero-order valence-corrected chi connectivity index (χ0v) is 24.3. The van der Waals surface area contributed by atoms with E-state index in [1.165, 1.54) is 4.90 Å². The Morgan fingerprint density at radius 1 is 1.05 bits per heavy atom. The lowest BCUT2D eigenvalue weighted by molar-refractivity contribution is -0.144. The van der Waals surface area contributed by atoms with Crippen molar-refractivity contribution in [2.45, 2.75) is 65.0 Å². The van der Waals surface area contributed by atoms with Gasteiger partial charge in [0.25, 0.3) is 5.91 Å². The van der Waals surface area contributed by atoms with Crippen molar-refractivity contribution in [3.63, 3.8) is 0 Å². The van der Waals surface area contributed by atoms with E-state index < -0.39 is 33.9 Å². The largest absolute Gasteiger partial charge is 0.466 e. The minimum absolute atomic E-state index is 0.00565. The highest BCUT2D eigenvalue weighted by Crippen LogP contribution is 2.23. The Kier molecular flexibility index (Phi) is 10.4. The summed E-state index contributed by atoms with van der Waals surface area (Å²) in [5.74, 6) is -1.13. The average molecular weight is 579 g/mol. The molecule has 0 bridgehead atoms. The van der Waals surface area contributed by atoms with Crippen LogP contribution in [0.25, 0.3) is 10.8 Å². The number of hydrogen-bond donors (Lipinski definition) is 0. The van der Waals surface area contributed by atoms with Crippen LogP contribution in [-0.4, -0.2) is 78.9 Å². The zero-order valence-electron chi connectivity index (χ0n) is 22.7. The first-order chi connectivity index (χ1) is 18.4. The molecular weight excluding hydrogens is 544 g/mol. The van der Waals surface area contributed by atoms with E-state index in [1.807, 2.05) is 24.3 Å². The average Bonchev–Trinajstić information content (AvgIpc) is 2.86. The third-order valence-corrected chi connectivity index (χ3v) is 7.31. The molecule has 212 valence electrons. The highest BCUT2D eigenvalue weighted by Gasteiger charge is 2.33. The molecule has 3 rings (SSSR count). The highest BCUT2D eigenvalue weighted by molar-refractivity contribution is 7.74. The highest BCUT2D eigenvalue weighted by atomic mass is 35.5. The molecule has 0 N–H and O–H groups in total. The second-order valence-electron chi connectivity index (χ2n) is 10.4. The minimum Gasteiger partial charge on any atom is -0.466 e. The van der Waals surface area contributed by atoms with Crippen LogP contribution in [0.5, 0.6) is 0 Å². The number of carbonyl (C=O) groups excluding carboxylic acids is 3. The predicted octanol–water partition coefficient (Wildman–Crippen LogP) is 4.27. The molecule has 1 fully saturated rings. The quantitative estimate of drug-likeness (QED) is 0.340. The Morgan fingerprint density at radius 3 is 2.31 bits per heavy atom. The first-order valence-electron chi connectivity index (χ1n) is 13.0. The maximum absolute atomic E-state index is 13.7. The lowest BCUT2D eigenvalue weighted by Gasteiger charge is -2.38. The van der Waals surface area contributed by atoms with Gasteiger partial charge in [0, 0.05) is 37.1 Å². The van der Waals surface area contributed by atoms with E-state index in [9.17, 15) is 22.8 Å². The summed E-state index contributed by atoms with van der Waals surface area (Å²) in [6.45, 7) is 7.95. The minimum atomic E-state index is -2.79. The molecule has 1 heterocycles. The SMILES string of the molecule is CCOC(=O)CCN(C(=O)C(Cc1ccc2cc(Cl)ccc2c1)=S(=O)=O)C1CCN(C(=O)OC(C)(C)C)CC1. The molecular formula is C28H35ClN2O7S. The van der Waals surface area contributed by atoms with Gasteiger partial charge < -0.3 is 19.3 Å². The molecule has 0 aliphatic carbocycles. The van der Waals surface area contributed by atoms with Gasteiger partial charge in [-0.2, -0.15) is 8.42 Å². The molecule has 1 saturated heterocycles. The van der Waals surface area contributed by atoms with Gasteiger partial charge in [-0.3, -0.25) is 9.59 Å². The van der Waals surface area contributed by atoms with E-state index in [-0.39, 0.29) is 36.9 Å². The molecule has 1 aliphatic heterocycles. The van der Waals surface area contributed by atoms with E-state index in [4.69, 9.17) is 21.1 Å². The fraction of sp³-hybridized carbons (Fsp3) is 0.500. The number of ether oxygens (including phenoxy) is 2. The summed E-state index contributed by atoms with van der Waals surface area (Å²) in [6.07, 6.45) is 0.240. The van der Waals surface area contributed by atoms with E-state index in [0.29, 0.717) is 36.5 Å². The van der Waals surface area contributed by atoms with Gasteiger partial charge in [0.1, 0.15) is 10.5 Å². The number of piperidine rings is 1. The number of carbonyl (C=O) groups is 3. The molecule has 2 aromatic carbocycles. The lowest BCUT2D eigenvalue weighted by Crippen LogP contribution is -2.52. The first kappa shape index (κ1) is 30.4. The maximum atomic E-state index is 13.7. The second-order valence-corrected chi connectivity index (χ2v) is 11.8. The molecule has 0 unspecified atom stereocenters. The summed E-state index contributed by atoms with van der Waals surface area (Å²) >= 11 is 6.06. The first-order valence-corrected chi connectivity index (χ1v) is 14.4. The van der Waals surface area contributed by atoms with Crippen LogP contribution < -0.4 is 0 Å². The van der Waals surface area contributed by atoms with Crippen LogP contribution in [0.3, 0.4) is 0 Å². The van der Waals surface area contributed by atoms with Crippen molar-refractivity contribution in [2.24, 2.45) is 0 Å². The number of hydrogen-bond acceptors (Lipinski definition) is 7. The number of esters is 1. The van der Waals surface area contributed by atoms with Crippen molar-refractivity contribution in [1.29, 1.82) is 0 Å².